The lowest BCUT2D eigenvalue weighted by Crippen LogP contribution is -2.39. The first-order valence-electron chi connectivity index (χ1n) is 6.43. The van der Waals surface area contributed by atoms with Crippen molar-refractivity contribution in [2.75, 3.05) is 11.9 Å². The molecule has 102 valence electrons. The van der Waals surface area contributed by atoms with Gasteiger partial charge < -0.3 is 4.90 Å². The Morgan fingerprint density at radius 2 is 1.95 bits per heavy atom. The molecule has 0 saturated carbocycles. The number of benzene rings is 2. The van der Waals surface area contributed by atoms with E-state index in [0.29, 0.717) is 6.42 Å². The van der Waals surface area contributed by atoms with E-state index in [4.69, 9.17) is 0 Å². The zero-order chi connectivity index (χ0) is 14.1. The van der Waals surface area contributed by atoms with Gasteiger partial charge in [-0.15, -0.1) is 11.8 Å². The number of hydrogen-bond donors (Lipinski definition) is 0. The molecule has 0 spiro atoms. The molecule has 2 nitrogen and oxygen atoms in total. The molecule has 1 aliphatic rings. The number of carbonyl (C=O) groups is 1. The third-order valence-electron chi connectivity index (χ3n) is 3.42. The summed E-state index contributed by atoms with van der Waals surface area (Å²) in [5.41, 5.74) is 1.90. The van der Waals surface area contributed by atoms with E-state index < -0.39 is 0 Å². The van der Waals surface area contributed by atoms with Gasteiger partial charge in [0.1, 0.15) is 5.82 Å². The van der Waals surface area contributed by atoms with Gasteiger partial charge in [0.05, 0.1) is 10.9 Å². The van der Waals surface area contributed by atoms with Crippen molar-refractivity contribution in [2.45, 2.75) is 16.6 Å². The van der Waals surface area contributed by atoms with Gasteiger partial charge in [-0.3, -0.25) is 4.79 Å². The Balaban J connectivity index is 1.89. The van der Waals surface area contributed by atoms with Gasteiger partial charge >= 0.3 is 0 Å². The fourth-order valence-electron chi connectivity index (χ4n) is 2.35. The van der Waals surface area contributed by atoms with E-state index in [1.165, 1.54) is 23.9 Å². The van der Waals surface area contributed by atoms with Crippen molar-refractivity contribution in [3.8, 4) is 0 Å². The van der Waals surface area contributed by atoms with E-state index >= 15 is 0 Å². The molecular weight excluding hydrogens is 273 g/mol. The van der Waals surface area contributed by atoms with Crippen molar-refractivity contribution in [3.63, 3.8) is 0 Å². The summed E-state index contributed by atoms with van der Waals surface area (Å²) in [6, 6.07) is 14.4. The Bertz CT molecular complexity index is 644. The van der Waals surface area contributed by atoms with Gasteiger partial charge in [-0.2, -0.15) is 0 Å². The molecule has 1 atom stereocenters. The van der Waals surface area contributed by atoms with Crippen molar-refractivity contribution in [2.24, 2.45) is 0 Å². The highest BCUT2D eigenvalue weighted by Crippen LogP contribution is 2.39. The number of nitrogens with zero attached hydrogens (tertiary/aromatic N) is 1. The first-order valence-corrected chi connectivity index (χ1v) is 7.31. The molecule has 4 heteroatoms. The van der Waals surface area contributed by atoms with Gasteiger partial charge in [0.25, 0.3) is 0 Å². The minimum absolute atomic E-state index is 0.0676. The first-order chi connectivity index (χ1) is 9.65. The van der Waals surface area contributed by atoms with Crippen molar-refractivity contribution < 1.29 is 9.18 Å². The second-order valence-electron chi connectivity index (χ2n) is 4.81. The molecule has 20 heavy (non-hydrogen) atoms. The fraction of sp³-hybridized carbons (Fsp3) is 0.188. The molecular formula is C16H14FNOS. The molecule has 0 aromatic heterocycles. The molecule has 0 fully saturated rings. The van der Waals surface area contributed by atoms with Crippen LogP contribution in [-0.2, 0) is 11.2 Å². The number of anilines is 1. The quantitative estimate of drug-likeness (QED) is 0.842. The summed E-state index contributed by atoms with van der Waals surface area (Å²) in [5, 5.41) is -0.198. The molecule has 0 saturated heterocycles. The van der Waals surface area contributed by atoms with Crippen molar-refractivity contribution in [1.82, 2.24) is 0 Å². The van der Waals surface area contributed by atoms with E-state index in [-0.39, 0.29) is 17.0 Å². The third-order valence-corrected chi connectivity index (χ3v) is 4.66. The number of rotatable bonds is 2. The lowest BCUT2D eigenvalue weighted by atomic mass is 10.1. The Labute approximate surface area is 121 Å². The molecule has 0 radical (unpaired) electrons. The predicted octanol–water partition coefficient (Wildman–Crippen LogP) is 3.51. The normalized spacial score (nSPS) is 18.0. The SMILES string of the molecule is CN1C(=O)C(Cc2ccccc2)Sc2cc(F)ccc21. The van der Waals surface area contributed by atoms with Crippen LogP contribution in [0, 0.1) is 5.82 Å². The molecule has 1 aliphatic heterocycles. The largest absolute Gasteiger partial charge is 0.313 e. The van der Waals surface area contributed by atoms with Crippen molar-refractivity contribution in [1.29, 1.82) is 0 Å². The summed E-state index contributed by atoms with van der Waals surface area (Å²) in [7, 11) is 1.75. The molecule has 0 N–H and O–H groups in total. The molecule has 3 rings (SSSR count). The molecule has 1 heterocycles. The molecule has 2 aromatic carbocycles. The Morgan fingerprint density at radius 1 is 1.20 bits per heavy atom. The summed E-state index contributed by atoms with van der Waals surface area (Å²) in [6.45, 7) is 0. The Hall–Kier alpha value is -1.81. The standard InChI is InChI=1S/C16H14FNOS/c1-18-13-8-7-12(17)10-14(13)20-15(16(18)19)9-11-5-3-2-4-6-11/h2-8,10,15H,9H2,1H3. The highest BCUT2D eigenvalue weighted by molar-refractivity contribution is 8.01. The topological polar surface area (TPSA) is 20.3 Å². The lowest BCUT2D eigenvalue weighted by Gasteiger charge is -2.31. The van der Waals surface area contributed by atoms with Crippen LogP contribution in [0.2, 0.25) is 0 Å². The second kappa shape index (κ2) is 5.29. The zero-order valence-corrected chi connectivity index (χ0v) is 11.9. The van der Waals surface area contributed by atoms with Crippen LogP contribution in [0.1, 0.15) is 5.56 Å². The first kappa shape index (κ1) is 13.2. The number of amides is 1. The van der Waals surface area contributed by atoms with Gasteiger partial charge in [0, 0.05) is 11.9 Å². The smallest absolute Gasteiger partial charge is 0.240 e. The maximum atomic E-state index is 13.4. The molecule has 1 amide bonds. The lowest BCUT2D eigenvalue weighted by molar-refractivity contribution is -0.117. The monoisotopic (exact) mass is 287 g/mol. The highest BCUT2D eigenvalue weighted by Gasteiger charge is 2.31. The predicted molar refractivity (Wildman–Crippen MR) is 79.6 cm³/mol. The summed E-state index contributed by atoms with van der Waals surface area (Å²) in [4.78, 5) is 14.8. The Kier molecular flexibility index (Phi) is 3.49. The van der Waals surface area contributed by atoms with Crippen LogP contribution in [0.4, 0.5) is 10.1 Å². The maximum Gasteiger partial charge on any atom is 0.240 e. The third kappa shape index (κ3) is 2.43. The number of fused-ring (bicyclic) bond motifs is 1. The van der Waals surface area contributed by atoms with Crippen LogP contribution < -0.4 is 4.90 Å². The number of hydrogen-bond acceptors (Lipinski definition) is 2. The average molecular weight is 287 g/mol. The van der Waals surface area contributed by atoms with Gasteiger partial charge in [0.15, 0.2) is 0 Å². The average Bonchev–Trinajstić information content (AvgIpc) is 2.45. The number of thioether (sulfide) groups is 1. The van der Waals surface area contributed by atoms with Gasteiger partial charge in [-0.05, 0) is 30.2 Å². The van der Waals surface area contributed by atoms with E-state index in [1.54, 1.807) is 18.0 Å². The summed E-state index contributed by atoms with van der Waals surface area (Å²) >= 11 is 1.45. The number of halogens is 1. The molecule has 0 bridgehead atoms. The van der Waals surface area contributed by atoms with E-state index in [9.17, 15) is 9.18 Å². The molecule has 0 aliphatic carbocycles. The minimum atomic E-state index is -0.266. The van der Waals surface area contributed by atoms with E-state index in [0.717, 1.165) is 16.1 Å². The molecule has 2 aromatic rings. The summed E-state index contributed by atoms with van der Waals surface area (Å²) in [5.74, 6) is -0.199. The van der Waals surface area contributed by atoms with Crippen molar-refractivity contribution in [3.05, 3.63) is 59.9 Å². The van der Waals surface area contributed by atoms with Gasteiger partial charge in [0.2, 0.25) is 5.91 Å². The zero-order valence-electron chi connectivity index (χ0n) is 11.0. The fourth-order valence-corrected chi connectivity index (χ4v) is 3.70. The van der Waals surface area contributed by atoms with Crippen LogP contribution in [0.15, 0.2) is 53.4 Å². The maximum absolute atomic E-state index is 13.4. The highest BCUT2D eigenvalue weighted by atomic mass is 32.2. The minimum Gasteiger partial charge on any atom is -0.313 e. The number of carbonyl (C=O) groups excluding carboxylic acids is 1. The van der Waals surface area contributed by atoms with Gasteiger partial charge in [-0.25, -0.2) is 4.39 Å². The second-order valence-corrected chi connectivity index (χ2v) is 6.05. The van der Waals surface area contributed by atoms with Crippen LogP contribution in [0.25, 0.3) is 0 Å². The van der Waals surface area contributed by atoms with Crippen LogP contribution in [0.3, 0.4) is 0 Å². The Morgan fingerprint density at radius 3 is 2.70 bits per heavy atom. The summed E-state index contributed by atoms with van der Waals surface area (Å²) in [6.07, 6.45) is 0.657. The van der Waals surface area contributed by atoms with Crippen LogP contribution in [0.5, 0.6) is 0 Å². The van der Waals surface area contributed by atoms with Crippen LogP contribution in [-0.4, -0.2) is 18.2 Å². The van der Waals surface area contributed by atoms with E-state index in [2.05, 4.69) is 0 Å². The van der Waals surface area contributed by atoms with Crippen LogP contribution >= 0.6 is 11.8 Å². The summed E-state index contributed by atoms with van der Waals surface area (Å²) < 4.78 is 13.4. The molecule has 1 unspecified atom stereocenters. The van der Waals surface area contributed by atoms with E-state index in [1.807, 2.05) is 30.3 Å². The van der Waals surface area contributed by atoms with Gasteiger partial charge in [-0.1, -0.05) is 30.3 Å². The van der Waals surface area contributed by atoms with Crippen molar-refractivity contribution >= 4 is 23.4 Å².